The minimum atomic E-state index is 0.118. The number of benzene rings is 1. The molecule has 3 nitrogen and oxygen atoms in total. The van der Waals surface area contributed by atoms with Crippen molar-refractivity contribution in [1.82, 2.24) is 0 Å². The van der Waals surface area contributed by atoms with Crippen LogP contribution in [0.2, 0.25) is 0 Å². The molecular weight excluding hydrogens is 280 g/mol. The van der Waals surface area contributed by atoms with Crippen molar-refractivity contribution in [3.63, 3.8) is 0 Å². The fourth-order valence-corrected chi connectivity index (χ4v) is 2.72. The Hall–Kier alpha value is -0.870. The molecule has 1 amide bonds. The van der Waals surface area contributed by atoms with Crippen LogP contribution in [-0.4, -0.2) is 25.5 Å². The number of amides is 1. The molecule has 1 heterocycles. The molecule has 2 N–H and O–H groups in total. The van der Waals surface area contributed by atoms with Crippen molar-refractivity contribution < 1.29 is 9.69 Å². The monoisotopic (exact) mass is 297 g/mol. The molecule has 0 bridgehead atoms. The van der Waals surface area contributed by atoms with Gasteiger partial charge in [0.15, 0.2) is 6.54 Å². The number of halogens is 1. The Bertz CT molecular complexity index is 414. The third kappa shape index (κ3) is 3.54. The van der Waals surface area contributed by atoms with Crippen LogP contribution in [0.1, 0.15) is 18.4 Å². The van der Waals surface area contributed by atoms with Crippen molar-refractivity contribution in [2.75, 3.05) is 25.0 Å². The summed E-state index contributed by atoms with van der Waals surface area (Å²) >= 11 is 3.42. The Balaban J connectivity index is 1.93. The summed E-state index contributed by atoms with van der Waals surface area (Å²) in [6.45, 7) is 4.86. The molecule has 1 aliphatic heterocycles. The van der Waals surface area contributed by atoms with Gasteiger partial charge in [-0.3, -0.25) is 4.79 Å². The summed E-state index contributed by atoms with van der Waals surface area (Å²) in [5.41, 5.74) is 2.00. The van der Waals surface area contributed by atoms with Crippen LogP contribution in [-0.2, 0) is 4.79 Å². The first kappa shape index (κ1) is 12.6. The van der Waals surface area contributed by atoms with Crippen LogP contribution in [0.15, 0.2) is 22.7 Å². The van der Waals surface area contributed by atoms with Crippen LogP contribution in [0, 0.1) is 6.92 Å². The van der Waals surface area contributed by atoms with Crippen LogP contribution >= 0.6 is 15.9 Å². The molecule has 0 atom stereocenters. The number of aryl methyl sites for hydroxylation is 1. The average molecular weight is 298 g/mol. The summed E-state index contributed by atoms with van der Waals surface area (Å²) in [4.78, 5) is 13.3. The molecule has 0 radical (unpaired) electrons. The van der Waals surface area contributed by atoms with Crippen molar-refractivity contribution in [2.45, 2.75) is 19.8 Å². The van der Waals surface area contributed by atoms with Gasteiger partial charge in [0.25, 0.3) is 5.91 Å². The number of carbonyl (C=O) groups excluding carboxylic acids is 1. The summed E-state index contributed by atoms with van der Waals surface area (Å²) < 4.78 is 1.04. The van der Waals surface area contributed by atoms with Crippen molar-refractivity contribution >= 4 is 27.5 Å². The number of carbonyl (C=O) groups is 1. The molecule has 1 saturated heterocycles. The Kier molecular flexibility index (Phi) is 4.18. The Morgan fingerprint density at radius 1 is 1.41 bits per heavy atom. The summed E-state index contributed by atoms with van der Waals surface area (Å²) in [5, 5.41) is 2.98. The minimum absolute atomic E-state index is 0.118. The summed E-state index contributed by atoms with van der Waals surface area (Å²) in [5.74, 6) is 0.118. The number of nitrogens with one attached hydrogen (secondary N) is 2. The lowest BCUT2D eigenvalue weighted by Crippen LogP contribution is -3.11. The first-order valence-electron chi connectivity index (χ1n) is 6.05. The number of rotatable bonds is 3. The van der Waals surface area contributed by atoms with Gasteiger partial charge in [0.1, 0.15) is 0 Å². The molecule has 0 aromatic heterocycles. The first-order chi connectivity index (χ1) is 8.15. The lowest BCUT2D eigenvalue weighted by molar-refractivity contribution is -0.878. The van der Waals surface area contributed by atoms with Gasteiger partial charge in [0.05, 0.1) is 13.1 Å². The fraction of sp³-hybridized carbons (Fsp3) is 0.462. The SMILES string of the molecule is Cc1cc(Br)ccc1NC(=O)C[NH+]1CCCC1. The van der Waals surface area contributed by atoms with Gasteiger partial charge in [-0.25, -0.2) is 0 Å². The molecule has 0 unspecified atom stereocenters. The van der Waals surface area contributed by atoms with Gasteiger partial charge in [0.2, 0.25) is 0 Å². The van der Waals surface area contributed by atoms with Crippen molar-refractivity contribution in [2.24, 2.45) is 0 Å². The maximum atomic E-state index is 11.9. The molecule has 0 saturated carbocycles. The second-order valence-corrected chi connectivity index (χ2v) is 5.56. The van der Waals surface area contributed by atoms with Gasteiger partial charge >= 0.3 is 0 Å². The van der Waals surface area contributed by atoms with Gasteiger partial charge in [-0.1, -0.05) is 15.9 Å². The highest BCUT2D eigenvalue weighted by Crippen LogP contribution is 2.19. The van der Waals surface area contributed by atoms with Gasteiger partial charge < -0.3 is 10.2 Å². The molecule has 1 aliphatic rings. The minimum Gasteiger partial charge on any atom is -0.327 e. The van der Waals surface area contributed by atoms with Crippen molar-refractivity contribution in [1.29, 1.82) is 0 Å². The summed E-state index contributed by atoms with van der Waals surface area (Å²) in [6, 6.07) is 5.90. The number of hydrogen-bond donors (Lipinski definition) is 2. The number of hydrogen-bond acceptors (Lipinski definition) is 1. The van der Waals surface area contributed by atoms with Crippen LogP contribution in [0.3, 0.4) is 0 Å². The third-order valence-corrected chi connectivity index (χ3v) is 3.68. The molecule has 0 aliphatic carbocycles. The van der Waals surface area contributed by atoms with E-state index >= 15 is 0 Å². The second-order valence-electron chi connectivity index (χ2n) is 4.64. The lowest BCUT2D eigenvalue weighted by atomic mass is 10.2. The summed E-state index contributed by atoms with van der Waals surface area (Å²) in [6.07, 6.45) is 2.50. The van der Waals surface area contributed by atoms with E-state index in [0.717, 1.165) is 28.8 Å². The van der Waals surface area contributed by atoms with E-state index in [0.29, 0.717) is 6.54 Å². The quantitative estimate of drug-likeness (QED) is 0.868. The zero-order valence-corrected chi connectivity index (χ0v) is 11.6. The molecule has 4 heteroatoms. The maximum Gasteiger partial charge on any atom is 0.279 e. The second kappa shape index (κ2) is 5.65. The van der Waals surface area contributed by atoms with Gasteiger partial charge in [-0.05, 0) is 30.7 Å². The van der Waals surface area contributed by atoms with Crippen LogP contribution in [0.25, 0.3) is 0 Å². The molecular formula is C13H18BrN2O+. The maximum absolute atomic E-state index is 11.9. The zero-order chi connectivity index (χ0) is 12.3. The molecule has 1 aromatic carbocycles. The van der Waals surface area contributed by atoms with Gasteiger partial charge in [-0.2, -0.15) is 0 Å². The van der Waals surface area contributed by atoms with Crippen LogP contribution < -0.4 is 10.2 Å². The van der Waals surface area contributed by atoms with Crippen LogP contribution in [0.5, 0.6) is 0 Å². The predicted molar refractivity (Wildman–Crippen MR) is 72.3 cm³/mol. The Labute approximate surface area is 110 Å². The smallest absolute Gasteiger partial charge is 0.279 e. The molecule has 92 valence electrons. The number of quaternary nitrogens is 1. The van der Waals surface area contributed by atoms with Crippen molar-refractivity contribution in [3.05, 3.63) is 28.2 Å². The van der Waals surface area contributed by atoms with E-state index in [9.17, 15) is 4.79 Å². The average Bonchev–Trinajstić information content (AvgIpc) is 2.75. The molecule has 0 spiro atoms. The molecule has 2 rings (SSSR count). The standard InChI is InChI=1S/C13H17BrN2O/c1-10-8-11(14)4-5-12(10)15-13(17)9-16-6-2-3-7-16/h4-5,8H,2-3,6-7,9H2,1H3,(H,15,17)/p+1. The van der Waals surface area contributed by atoms with E-state index in [1.807, 2.05) is 25.1 Å². The first-order valence-corrected chi connectivity index (χ1v) is 6.84. The zero-order valence-electron chi connectivity index (χ0n) is 10.1. The predicted octanol–water partition coefficient (Wildman–Crippen LogP) is 1.37. The topological polar surface area (TPSA) is 33.5 Å². The molecule has 1 fully saturated rings. The van der Waals surface area contributed by atoms with E-state index in [4.69, 9.17) is 0 Å². The number of anilines is 1. The van der Waals surface area contributed by atoms with E-state index in [2.05, 4.69) is 21.2 Å². The summed E-state index contributed by atoms with van der Waals surface area (Å²) in [7, 11) is 0. The highest BCUT2D eigenvalue weighted by molar-refractivity contribution is 9.10. The largest absolute Gasteiger partial charge is 0.327 e. The van der Waals surface area contributed by atoms with Crippen LogP contribution in [0.4, 0.5) is 5.69 Å². The van der Waals surface area contributed by atoms with E-state index in [1.165, 1.54) is 17.7 Å². The van der Waals surface area contributed by atoms with Gasteiger partial charge in [0, 0.05) is 23.0 Å². The Morgan fingerprint density at radius 2 is 2.12 bits per heavy atom. The lowest BCUT2D eigenvalue weighted by Gasteiger charge is -2.13. The normalized spacial score (nSPS) is 16.1. The fourth-order valence-electron chi connectivity index (χ4n) is 2.24. The number of likely N-dealkylation sites (tertiary alicyclic amines) is 1. The molecule has 1 aromatic rings. The Morgan fingerprint density at radius 3 is 2.76 bits per heavy atom. The van der Waals surface area contributed by atoms with E-state index < -0.39 is 0 Å². The van der Waals surface area contributed by atoms with Gasteiger partial charge in [-0.15, -0.1) is 0 Å². The van der Waals surface area contributed by atoms with E-state index in [-0.39, 0.29) is 5.91 Å². The highest BCUT2D eigenvalue weighted by atomic mass is 79.9. The molecule has 17 heavy (non-hydrogen) atoms. The highest BCUT2D eigenvalue weighted by Gasteiger charge is 2.18. The van der Waals surface area contributed by atoms with E-state index in [1.54, 1.807) is 0 Å². The van der Waals surface area contributed by atoms with Crippen molar-refractivity contribution in [3.8, 4) is 0 Å². The third-order valence-electron chi connectivity index (χ3n) is 3.18.